The molecule has 2 atom stereocenters. The number of nitro groups is 2. The summed E-state index contributed by atoms with van der Waals surface area (Å²) in [5.41, 5.74) is 0.204. The SMILES string of the molecule is C=CCOC(=O)NC(CC(=O)OCC)c1cc(/C=C/COC(=O)NC(CC(=O)OCC)c2cccc(NS(O)(O)c3cccc([N+](=O)[O-])c3)c2)cc([N+](=O)[O-])c1. The molecule has 3 aromatic rings. The molecule has 0 heterocycles. The number of carbonyl (C=O) groups is 4. The Morgan fingerprint density at radius 3 is 1.95 bits per heavy atom. The van der Waals surface area contributed by atoms with Crippen molar-refractivity contribution >= 4 is 58.0 Å². The lowest BCUT2D eigenvalue weighted by atomic mass is 10.00. The first-order chi connectivity index (χ1) is 26.6. The summed E-state index contributed by atoms with van der Waals surface area (Å²) in [5, 5.41) is 28.0. The van der Waals surface area contributed by atoms with Crippen LogP contribution in [0.25, 0.3) is 6.08 Å². The lowest BCUT2D eigenvalue weighted by molar-refractivity contribution is -0.385. The Bertz CT molecular complexity index is 1940. The monoisotopic (exact) mass is 799 g/mol. The van der Waals surface area contributed by atoms with Gasteiger partial charge in [0.1, 0.15) is 13.2 Å². The largest absolute Gasteiger partial charge is 0.466 e. The van der Waals surface area contributed by atoms with Crippen molar-refractivity contribution in [1.29, 1.82) is 0 Å². The molecule has 0 spiro atoms. The van der Waals surface area contributed by atoms with E-state index in [-0.39, 0.29) is 72.4 Å². The minimum atomic E-state index is -3.79. The highest BCUT2D eigenvalue weighted by molar-refractivity contribution is 8.25. The van der Waals surface area contributed by atoms with Crippen molar-refractivity contribution in [2.75, 3.05) is 31.1 Å². The summed E-state index contributed by atoms with van der Waals surface area (Å²) >= 11 is 0. The van der Waals surface area contributed by atoms with Crippen molar-refractivity contribution in [3.05, 3.63) is 122 Å². The Morgan fingerprint density at radius 1 is 0.768 bits per heavy atom. The minimum Gasteiger partial charge on any atom is -0.466 e. The highest BCUT2D eigenvalue weighted by Gasteiger charge is 2.25. The highest BCUT2D eigenvalue weighted by Crippen LogP contribution is 2.48. The van der Waals surface area contributed by atoms with Gasteiger partial charge in [0, 0.05) is 24.3 Å². The molecule has 0 bridgehead atoms. The third-order valence-corrected chi connectivity index (χ3v) is 8.80. The Balaban J connectivity index is 1.78. The summed E-state index contributed by atoms with van der Waals surface area (Å²) in [4.78, 5) is 71.5. The predicted molar refractivity (Wildman–Crippen MR) is 204 cm³/mol. The average Bonchev–Trinajstić information content (AvgIpc) is 3.15. The Hall–Kier alpha value is -6.51. The maximum absolute atomic E-state index is 12.9. The lowest BCUT2D eigenvalue weighted by Crippen LogP contribution is -2.31. The number of nitrogens with zero attached hydrogens (tertiary/aromatic N) is 2. The highest BCUT2D eigenvalue weighted by atomic mass is 32.3. The fraction of sp³-hybridized carbons (Fsp3) is 0.278. The maximum atomic E-state index is 12.9. The first kappa shape index (κ1) is 43.9. The third kappa shape index (κ3) is 14.0. The number of anilines is 1. The van der Waals surface area contributed by atoms with Crippen molar-refractivity contribution in [2.45, 2.75) is 43.7 Å². The van der Waals surface area contributed by atoms with Gasteiger partial charge < -0.3 is 29.6 Å². The van der Waals surface area contributed by atoms with Crippen LogP contribution in [0, 0.1) is 20.2 Å². The van der Waals surface area contributed by atoms with Gasteiger partial charge in [-0.2, -0.15) is 0 Å². The van der Waals surface area contributed by atoms with Gasteiger partial charge in [-0.1, -0.05) is 47.7 Å². The fourth-order valence-corrected chi connectivity index (χ4v) is 6.09. The van der Waals surface area contributed by atoms with Crippen LogP contribution in [0.1, 0.15) is 55.5 Å². The number of hydrogen-bond donors (Lipinski definition) is 5. The molecule has 5 N–H and O–H groups in total. The maximum Gasteiger partial charge on any atom is 0.407 e. The van der Waals surface area contributed by atoms with Crippen LogP contribution in [0.15, 0.2) is 90.4 Å². The van der Waals surface area contributed by atoms with E-state index in [1.165, 1.54) is 72.8 Å². The van der Waals surface area contributed by atoms with Crippen LogP contribution >= 0.6 is 10.8 Å². The van der Waals surface area contributed by atoms with E-state index in [0.29, 0.717) is 5.56 Å². The van der Waals surface area contributed by atoms with E-state index in [1.807, 2.05) is 0 Å². The van der Waals surface area contributed by atoms with E-state index < -0.39 is 56.8 Å². The molecular formula is C36H41N5O14S. The van der Waals surface area contributed by atoms with Crippen molar-refractivity contribution < 1.29 is 57.1 Å². The Morgan fingerprint density at radius 2 is 1.36 bits per heavy atom. The molecule has 56 heavy (non-hydrogen) atoms. The number of ether oxygens (including phenoxy) is 4. The predicted octanol–water partition coefficient (Wildman–Crippen LogP) is 6.98. The molecule has 0 saturated heterocycles. The Labute approximate surface area is 322 Å². The normalized spacial score (nSPS) is 12.4. The van der Waals surface area contributed by atoms with Crippen LogP contribution in [0.5, 0.6) is 0 Å². The Kier molecular flexibility index (Phi) is 16.8. The van der Waals surface area contributed by atoms with Crippen LogP contribution in [0.4, 0.5) is 26.7 Å². The number of non-ortho nitro benzene ring substituents is 2. The number of amides is 2. The molecule has 2 amide bonds. The molecule has 19 nitrogen and oxygen atoms in total. The topological polar surface area (TPSA) is 268 Å². The van der Waals surface area contributed by atoms with Gasteiger partial charge in [0.25, 0.3) is 11.4 Å². The van der Waals surface area contributed by atoms with Crippen molar-refractivity contribution in [3.8, 4) is 0 Å². The number of nitro benzene ring substituents is 2. The molecule has 0 fully saturated rings. The first-order valence-corrected chi connectivity index (χ1v) is 18.3. The molecule has 3 rings (SSSR count). The molecule has 3 aromatic carbocycles. The van der Waals surface area contributed by atoms with E-state index in [4.69, 9.17) is 18.9 Å². The van der Waals surface area contributed by atoms with Crippen molar-refractivity contribution in [2.24, 2.45) is 0 Å². The molecule has 0 aliphatic rings. The molecule has 0 aromatic heterocycles. The van der Waals surface area contributed by atoms with Gasteiger partial charge in [-0.3, -0.25) is 43.6 Å². The van der Waals surface area contributed by atoms with Gasteiger partial charge in [-0.05, 0) is 60.9 Å². The van der Waals surface area contributed by atoms with Gasteiger partial charge in [-0.25, -0.2) is 9.59 Å². The summed E-state index contributed by atoms with van der Waals surface area (Å²) in [6.07, 6.45) is 1.53. The van der Waals surface area contributed by atoms with Gasteiger partial charge >= 0.3 is 24.1 Å². The molecule has 0 aliphatic carbocycles. The van der Waals surface area contributed by atoms with Crippen LogP contribution in [-0.2, 0) is 28.5 Å². The lowest BCUT2D eigenvalue weighted by Gasteiger charge is -2.33. The molecule has 20 heteroatoms. The minimum absolute atomic E-state index is 0.0604. The molecule has 2 unspecified atom stereocenters. The number of alkyl carbamates (subject to hydrolysis) is 2. The number of rotatable bonds is 20. The van der Waals surface area contributed by atoms with Crippen molar-refractivity contribution in [3.63, 3.8) is 0 Å². The molecule has 0 radical (unpaired) electrons. The van der Waals surface area contributed by atoms with Gasteiger partial charge in [0.05, 0.1) is 58.6 Å². The second-order valence-corrected chi connectivity index (χ2v) is 13.2. The van der Waals surface area contributed by atoms with E-state index >= 15 is 0 Å². The second kappa shape index (κ2) is 21.4. The summed E-state index contributed by atoms with van der Waals surface area (Å²) in [6, 6.07) is 12.6. The van der Waals surface area contributed by atoms with Crippen LogP contribution in [0.3, 0.4) is 0 Å². The zero-order chi connectivity index (χ0) is 41.3. The molecule has 300 valence electrons. The number of nitrogens with one attached hydrogen (secondary N) is 3. The smallest absolute Gasteiger partial charge is 0.407 e. The van der Waals surface area contributed by atoms with Crippen LogP contribution < -0.4 is 15.4 Å². The standard InChI is InChI=1S/C36H41N5O14S/c1-4-15-54-35(44)38-32(23-34(43)53-6-3)26-17-24(18-29(20-26)41(48)49)10-9-16-55-36(45)37-31(22-33(42)52-5-2)25-11-7-12-27(19-25)39-56(50,51)30-14-8-13-28(21-30)40(46)47/h4,7-14,17-21,31-32,39,50-51H,1,5-6,15-16,22-23H2,2-3H3,(H,37,45)(H,38,44)/b10-9+. The average molecular weight is 800 g/mol. The summed E-state index contributed by atoms with van der Waals surface area (Å²) < 4.78 is 44.4. The first-order valence-electron chi connectivity index (χ1n) is 16.8. The zero-order valence-electron chi connectivity index (χ0n) is 30.3. The summed E-state index contributed by atoms with van der Waals surface area (Å²) in [6.45, 7) is 6.31. The van der Waals surface area contributed by atoms with Crippen molar-refractivity contribution in [1.82, 2.24) is 10.6 Å². The summed E-state index contributed by atoms with van der Waals surface area (Å²) in [7, 11) is -3.79. The summed E-state index contributed by atoms with van der Waals surface area (Å²) in [5.74, 6) is -1.34. The second-order valence-electron chi connectivity index (χ2n) is 11.4. The van der Waals surface area contributed by atoms with E-state index in [0.717, 1.165) is 6.07 Å². The number of esters is 2. The number of carbonyl (C=O) groups excluding carboxylic acids is 4. The zero-order valence-corrected chi connectivity index (χ0v) is 31.1. The molecular weight excluding hydrogens is 758 g/mol. The number of hydrogen-bond acceptors (Lipinski definition) is 15. The van der Waals surface area contributed by atoms with E-state index in [1.54, 1.807) is 19.9 Å². The third-order valence-electron chi connectivity index (χ3n) is 7.37. The number of benzene rings is 3. The fourth-order valence-electron chi connectivity index (χ4n) is 4.97. The van der Waals surface area contributed by atoms with Crippen LogP contribution in [-0.4, -0.2) is 69.5 Å². The molecule has 0 saturated carbocycles. The van der Waals surface area contributed by atoms with Crippen LogP contribution in [0.2, 0.25) is 0 Å². The van der Waals surface area contributed by atoms with E-state index in [2.05, 4.69) is 21.9 Å². The van der Waals surface area contributed by atoms with E-state index in [9.17, 15) is 48.5 Å². The van der Waals surface area contributed by atoms with Gasteiger partial charge in [0.2, 0.25) is 0 Å². The molecule has 0 aliphatic heterocycles. The van der Waals surface area contributed by atoms with Gasteiger partial charge in [0.15, 0.2) is 0 Å². The quantitative estimate of drug-likeness (QED) is 0.0254. The van der Waals surface area contributed by atoms with Gasteiger partial charge in [-0.15, -0.1) is 0 Å².